The molecule has 4 rings (SSSR count). The summed E-state index contributed by atoms with van der Waals surface area (Å²) in [5, 5.41) is 26.9. The van der Waals surface area contributed by atoms with Crippen LogP contribution in [0.25, 0.3) is 10.4 Å². The van der Waals surface area contributed by atoms with E-state index in [-0.39, 0.29) is 5.91 Å². The van der Waals surface area contributed by atoms with Gasteiger partial charge in [-0.2, -0.15) is 5.26 Å². The van der Waals surface area contributed by atoms with Gasteiger partial charge in [-0.25, -0.2) is 0 Å². The predicted octanol–water partition coefficient (Wildman–Crippen LogP) is 1.71. The van der Waals surface area contributed by atoms with Crippen molar-refractivity contribution in [3.8, 4) is 16.5 Å². The first-order valence-electron chi connectivity index (χ1n) is 7.96. The molecule has 3 N–H and O–H groups in total. The van der Waals surface area contributed by atoms with E-state index in [1.165, 1.54) is 17.6 Å². The van der Waals surface area contributed by atoms with E-state index in [1.807, 2.05) is 29.6 Å². The van der Waals surface area contributed by atoms with Crippen LogP contribution in [0.15, 0.2) is 40.7 Å². The van der Waals surface area contributed by atoms with Crippen LogP contribution in [0.4, 0.5) is 0 Å². The minimum absolute atomic E-state index is 0.185. The molecule has 0 bridgehead atoms. The number of amides is 1. The van der Waals surface area contributed by atoms with Gasteiger partial charge in [0.1, 0.15) is 0 Å². The van der Waals surface area contributed by atoms with Crippen LogP contribution in [-0.2, 0) is 10.3 Å². The second-order valence-electron chi connectivity index (χ2n) is 6.30. The van der Waals surface area contributed by atoms with Gasteiger partial charge in [0.25, 0.3) is 5.91 Å². The van der Waals surface area contributed by atoms with Crippen molar-refractivity contribution in [2.45, 2.75) is 24.1 Å². The standard InChI is InChI=1S/C18H16N4O2S/c19-8-12-2-1-3-13(6-12)15-7-14(9-25-15)18(16(23)20-11-22-18)10-21-17(24)4-5-17/h1-3,6-7,9-10,22,24H,4-5,11H2,(H,20,23). The molecular weight excluding hydrogens is 336 g/mol. The van der Waals surface area contributed by atoms with Crippen molar-refractivity contribution >= 4 is 23.5 Å². The minimum Gasteiger partial charge on any atom is -0.369 e. The zero-order valence-electron chi connectivity index (χ0n) is 13.3. The average Bonchev–Trinajstić information content (AvgIpc) is 3.02. The number of hydrogen-bond acceptors (Lipinski definition) is 6. The van der Waals surface area contributed by atoms with Gasteiger partial charge in [-0.15, -0.1) is 11.3 Å². The van der Waals surface area contributed by atoms with Crippen LogP contribution in [0.5, 0.6) is 0 Å². The predicted molar refractivity (Wildman–Crippen MR) is 95.0 cm³/mol. The van der Waals surface area contributed by atoms with E-state index in [2.05, 4.69) is 21.7 Å². The lowest BCUT2D eigenvalue weighted by Crippen LogP contribution is -2.45. The lowest BCUT2D eigenvalue weighted by atomic mass is 9.93. The number of carbonyl (C=O) groups excluding carboxylic acids is 1. The molecule has 2 aromatic rings. The van der Waals surface area contributed by atoms with Crippen molar-refractivity contribution in [2.24, 2.45) is 4.99 Å². The Hall–Kier alpha value is -2.53. The van der Waals surface area contributed by atoms with Crippen LogP contribution >= 0.6 is 11.3 Å². The highest BCUT2D eigenvalue weighted by Gasteiger charge is 2.46. The lowest BCUT2D eigenvalue weighted by molar-refractivity contribution is -0.122. The molecule has 2 fully saturated rings. The molecule has 6 nitrogen and oxygen atoms in total. The van der Waals surface area contributed by atoms with E-state index in [1.54, 1.807) is 6.07 Å². The van der Waals surface area contributed by atoms with Crippen LogP contribution in [0.1, 0.15) is 24.0 Å². The number of hydrogen-bond donors (Lipinski definition) is 3. The summed E-state index contributed by atoms with van der Waals surface area (Å²) in [6.45, 7) is 0.346. The molecule has 1 saturated carbocycles. The number of rotatable bonds is 4. The van der Waals surface area contributed by atoms with Gasteiger partial charge in [-0.05, 0) is 34.7 Å². The van der Waals surface area contributed by atoms with Crippen LogP contribution in [-0.4, -0.2) is 29.6 Å². The Balaban J connectivity index is 1.72. The molecule has 1 aliphatic heterocycles. The Morgan fingerprint density at radius 2 is 2.20 bits per heavy atom. The fourth-order valence-corrected chi connectivity index (χ4v) is 3.76. The SMILES string of the molecule is N#Cc1cccc(-c2cc(C3(C=NC4(O)CC4)NCNC3=O)cs2)c1. The number of nitrogens with one attached hydrogen (secondary N) is 2. The van der Waals surface area contributed by atoms with E-state index < -0.39 is 11.3 Å². The minimum atomic E-state index is -1.07. The summed E-state index contributed by atoms with van der Waals surface area (Å²) in [7, 11) is 0. The number of aliphatic hydroxyl groups is 1. The van der Waals surface area contributed by atoms with Crippen LogP contribution in [0.3, 0.4) is 0 Å². The quantitative estimate of drug-likeness (QED) is 0.730. The molecule has 1 atom stereocenters. The van der Waals surface area contributed by atoms with E-state index in [4.69, 9.17) is 5.26 Å². The zero-order chi connectivity index (χ0) is 17.5. The summed E-state index contributed by atoms with van der Waals surface area (Å²) >= 11 is 1.50. The van der Waals surface area contributed by atoms with Gasteiger partial charge in [0.05, 0.1) is 18.3 Å². The summed E-state index contributed by atoms with van der Waals surface area (Å²) in [5.41, 5.74) is 0.216. The second kappa shape index (κ2) is 5.77. The number of nitrogens with zero attached hydrogens (tertiary/aromatic N) is 2. The Kier molecular flexibility index (Phi) is 3.69. The molecule has 0 spiro atoms. The van der Waals surface area contributed by atoms with Gasteiger partial charge in [-0.1, -0.05) is 12.1 Å². The number of carbonyl (C=O) groups is 1. The molecule has 2 heterocycles. The molecular formula is C18H16N4O2S. The van der Waals surface area contributed by atoms with E-state index in [9.17, 15) is 9.90 Å². The van der Waals surface area contributed by atoms with Gasteiger partial charge in [0.2, 0.25) is 0 Å². The summed E-state index contributed by atoms with van der Waals surface area (Å²) in [6, 6.07) is 11.4. The van der Waals surface area contributed by atoms with E-state index in [0.29, 0.717) is 25.1 Å². The Morgan fingerprint density at radius 3 is 2.88 bits per heavy atom. The third-order valence-corrected chi connectivity index (χ3v) is 5.48. The third kappa shape index (κ3) is 2.85. The lowest BCUT2D eigenvalue weighted by Gasteiger charge is -2.21. The summed E-state index contributed by atoms with van der Waals surface area (Å²) < 4.78 is 0. The van der Waals surface area contributed by atoms with Crippen molar-refractivity contribution in [3.05, 3.63) is 46.8 Å². The number of benzene rings is 1. The Labute approximate surface area is 148 Å². The second-order valence-corrected chi connectivity index (χ2v) is 7.21. The maximum atomic E-state index is 12.5. The van der Waals surface area contributed by atoms with Crippen molar-refractivity contribution in [1.29, 1.82) is 5.26 Å². The first kappa shape index (κ1) is 16.0. The molecule has 7 heteroatoms. The van der Waals surface area contributed by atoms with Gasteiger partial charge in [0.15, 0.2) is 11.3 Å². The monoisotopic (exact) mass is 352 g/mol. The zero-order valence-corrected chi connectivity index (χ0v) is 14.1. The maximum Gasteiger partial charge on any atom is 0.251 e. The number of aliphatic imine (C=N–C) groups is 1. The summed E-state index contributed by atoms with van der Waals surface area (Å²) in [6.07, 6.45) is 2.77. The molecule has 0 radical (unpaired) electrons. The fraction of sp³-hybridized carbons (Fsp3) is 0.278. The van der Waals surface area contributed by atoms with E-state index in [0.717, 1.165) is 16.0 Å². The third-order valence-electron chi connectivity index (χ3n) is 4.50. The number of nitriles is 1. The highest BCUT2D eigenvalue weighted by atomic mass is 32.1. The van der Waals surface area contributed by atoms with E-state index >= 15 is 0 Å². The molecule has 1 aromatic carbocycles. The molecule has 1 aromatic heterocycles. The number of thiophene rings is 1. The Morgan fingerprint density at radius 1 is 1.36 bits per heavy atom. The maximum absolute atomic E-state index is 12.5. The van der Waals surface area contributed by atoms with Crippen LogP contribution in [0, 0.1) is 11.3 Å². The van der Waals surface area contributed by atoms with Crippen molar-refractivity contribution < 1.29 is 9.90 Å². The van der Waals surface area contributed by atoms with Crippen LogP contribution < -0.4 is 10.6 Å². The molecule has 1 amide bonds. The van der Waals surface area contributed by atoms with Gasteiger partial charge in [-0.3, -0.25) is 15.1 Å². The molecule has 1 unspecified atom stereocenters. The van der Waals surface area contributed by atoms with Crippen LogP contribution in [0.2, 0.25) is 0 Å². The Bertz CT molecular complexity index is 910. The molecule has 25 heavy (non-hydrogen) atoms. The smallest absolute Gasteiger partial charge is 0.251 e. The largest absolute Gasteiger partial charge is 0.369 e. The normalized spacial score (nSPS) is 24.2. The highest BCUT2D eigenvalue weighted by Crippen LogP contribution is 2.38. The highest BCUT2D eigenvalue weighted by molar-refractivity contribution is 7.13. The topological polar surface area (TPSA) is 97.5 Å². The molecule has 1 aliphatic carbocycles. The first-order chi connectivity index (χ1) is 12.0. The molecule has 1 saturated heterocycles. The van der Waals surface area contributed by atoms with Gasteiger partial charge < -0.3 is 10.4 Å². The van der Waals surface area contributed by atoms with Gasteiger partial charge >= 0.3 is 0 Å². The van der Waals surface area contributed by atoms with Crippen molar-refractivity contribution in [1.82, 2.24) is 10.6 Å². The summed E-state index contributed by atoms with van der Waals surface area (Å²) in [4.78, 5) is 17.7. The average molecular weight is 352 g/mol. The molecule has 126 valence electrons. The van der Waals surface area contributed by atoms with Crippen molar-refractivity contribution in [3.63, 3.8) is 0 Å². The van der Waals surface area contributed by atoms with Crippen molar-refractivity contribution in [2.75, 3.05) is 6.67 Å². The first-order valence-corrected chi connectivity index (χ1v) is 8.84. The summed E-state index contributed by atoms with van der Waals surface area (Å²) in [5.74, 6) is -0.185. The fourth-order valence-electron chi connectivity index (χ4n) is 2.79. The molecule has 2 aliphatic rings. The van der Waals surface area contributed by atoms with Gasteiger partial charge in [0, 0.05) is 23.9 Å².